The summed E-state index contributed by atoms with van der Waals surface area (Å²) in [6.07, 6.45) is 1.75. The van der Waals surface area contributed by atoms with Crippen molar-refractivity contribution in [3.05, 3.63) is 65.0 Å². The van der Waals surface area contributed by atoms with E-state index in [-0.39, 0.29) is 36.3 Å². The molecule has 3 rings (SSSR count). The van der Waals surface area contributed by atoms with Gasteiger partial charge in [0.1, 0.15) is 0 Å². The molecule has 0 fully saturated rings. The van der Waals surface area contributed by atoms with Gasteiger partial charge in [-0.1, -0.05) is 18.2 Å². The van der Waals surface area contributed by atoms with Crippen molar-refractivity contribution < 1.29 is 13.9 Å². The van der Waals surface area contributed by atoms with E-state index in [2.05, 4.69) is 4.98 Å². The molecule has 1 aromatic carbocycles. The number of hydrogen-bond donors (Lipinski definition) is 2. The molecule has 1 heterocycles. The molecule has 1 aromatic heterocycles. The summed E-state index contributed by atoms with van der Waals surface area (Å²) in [5.41, 5.74) is 7.74. The molecule has 0 saturated heterocycles. The third-order valence-electron chi connectivity index (χ3n) is 4.11. The Morgan fingerprint density at radius 3 is 2.48 bits per heavy atom. The van der Waals surface area contributed by atoms with Gasteiger partial charge in [-0.15, -0.1) is 24.8 Å². The van der Waals surface area contributed by atoms with Crippen LogP contribution in [0.15, 0.2) is 36.5 Å². The minimum Gasteiger partial charge on any atom is -0.387 e. The summed E-state index contributed by atoms with van der Waals surface area (Å²) in [6, 6.07) is 7.11. The highest BCUT2D eigenvalue weighted by molar-refractivity contribution is 5.85. The van der Waals surface area contributed by atoms with Crippen LogP contribution in [0.3, 0.4) is 0 Å². The van der Waals surface area contributed by atoms with Crippen LogP contribution in [0, 0.1) is 11.6 Å². The van der Waals surface area contributed by atoms with Crippen LogP contribution in [0.4, 0.5) is 8.78 Å². The number of aliphatic hydroxyl groups is 1. The van der Waals surface area contributed by atoms with E-state index in [1.807, 2.05) is 0 Å². The maximum atomic E-state index is 14.1. The molecule has 0 saturated carbocycles. The molecule has 0 spiro atoms. The molecule has 7 heteroatoms. The quantitative estimate of drug-likeness (QED) is 0.758. The highest BCUT2D eigenvalue weighted by Crippen LogP contribution is 2.41. The van der Waals surface area contributed by atoms with Gasteiger partial charge in [-0.05, 0) is 36.1 Å². The molecule has 126 valence electrons. The lowest BCUT2D eigenvalue weighted by atomic mass is 9.86. The van der Waals surface area contributed by atoms with E-state index in [0.29, 0.717) is 24.1 Å². The molecule has 0 amide bonds. The Morgan fingerprint density at radius 2 is 1.74 bits per heavy atom. The molecule has 1 aliphatic rings. The Morgan fingerprint density at radius 1 is 1.04 bits per heavy atom. The van der Waals surface area contributed by atoms with Gasteiger partial charge in [0.05, 0.1) is 11.8 Å². The van der Waals surface area contributed by atoms with Gasteiger partial charge in [-0.2, -0.15) is 0 Å². The lowest BCUT2D eigenvalue weighted by Gasteiger charge is -2.23. The molecule has 3 unspecified atom stereocenters. The first-order valence-electron chi connectivity index (χ1n) is 6.92. The topological polar surface area (TPSA) is 59.1 Å². The van der Waals surface area contributed by atoms with Crippen LogP contribution < -0.4 is 5.73 Å². The zero-order valence-corrected chi connectivity index (χ0v) is 13.8. The van der Waals surface area contributed by atoms with Gasteiger partial charge < -0.3 is 10.8 Å². The normalized spacial score (nSPS) is 23.0. The fourth-order valence-corrected chi connectivity index (χ4v) is 3.02. The number of benzene rings is 1. The lowest BCUT2D eigenvalue weighted by molar-refractivity contribution is 0.160. The number of aromatic nitrogens is 1. The number of nitrogens with zero attached hydrogens (tertiary/aromatic N) is 1. The molecule has 3 N–H and O–H groups in total. The van der Waals surface area contributed by atoms with Gasteiger partial charge >= 0.3 is 0 Å². The Bertz CT molecular complexity index is 672. The SMILES string of the molecule is Cl.Cl.NC1c2cccnc2C(O)CCC1c1cccc(F)c1F. The van der Waals surface area contributed by atoms with Crippen molar-refractivity contribution in [1.82, 2.24) is 4.98 Å². The summed E-state index contributed by atoms with van der Waals surface area (Å²) in [7, 11) is 0. The number of pyridine rings is 1. The van der Waals surface area contributed by atoms with E-state index in [9.17, 15) is 13.9 Å². The minimum absolute atomic E-state index is 0. The van der Waals surface area contributed by atoms with Crippen molar-refractivity contribution in [2.75, 3.05) is 0 Å². The van der Waals surface area contributed by atoms with Crippen LogP contribution in [0.5, 0.6) is 0 Å². The molecule has 1 aliphatic carbocycles. The largest absolute Gasteiger partial charge is 0.387 e. The maximum absolute atomic E-state index is 14.1. The van der Waals surface area contributed by atoms with Crippen LogP contribution in [-0.4, -0.2) is 10.1 Å². The van der Waals surface area contributed by atoms with E-state index >= 15 is 0 Å². The van der Waals surface area contributed by atoms with E-state index < -0.39 is 23.8 Å². The van der Waals surface area contributed by atoms with Gasteiger partial charge in [0, 0.05) is 18.2 Å². The smallest absolute Gasteiger partial charge is 0.162 e. The minimum atomic E-state index is -0.879. The predicted molar refractivity (Wildman–Crippen MR) is 89.0 cm³/mol. The molecular formula is C16H18Cl2F2N2O. The standard InChI is InChI=1S/C16H16F2N2O.2ClH/c17-12-5-1-3-9(14(12)18)10-6-7-13(21)16-11(15(10)19)4-2-8-20-16;;/h1-5,8,10,13,15,21H,6-7,19H2;2*1H. The first-order chi connectivity index (χ1) is 10.1. The molecule has 23 heavy (non-hydrogen) atoms. The van der Waals surface area contributed by atoms with Gasteiger partial charge in [0.15, 0.2) is 11.6 Å². The highest BCUT2D eigenvalue weighted by Gasteiger charge is 2.32. The van der Waals surface area contributed by atoms with Gasteiger partial charge in [0.25, 0.3) is 0 Å². The zero-order valence-electron chi connectivity index (χ0n) is 12.2. The lowest BCUT2D eigenvalue weighted by Crippen LogP contribution is -2.21. The van der Waals surface area contributed by atoms with Crippen molar-refractivity contribution in [3.63, 3.8) is 0 Å². The third-order valence-corrected chi connectivity index (χ3v) is 4.11. The first kappa shape index (κ1) is 19.8. The Hall–Kier alpha value is -1.27. The van der Waals surface area contributed by atoms with Gasteiger partial charge in [-0.3, -0.25) is 4.98 Å². The number of halogens is 4. The molecule has 0 radical (unpaired) electrons. The van der Waals surface area contributed by atoms with E-state index in [1.165, 1.54) is 6.07 Å². The molecule has 3 nitrogen and oxygen atoms in total. The summed E-state index contributed by atoms with van der Waals surface area (Å²) in [4.78, 5) is 4.18. The fourth-order valence-electron chi connectivity index (χ4n) is 3.02. The Kier molecular flexibility index (Phi) is 6.89. The predicted octanol–water partition coefficient (Wildman–Crippen LogP) is 3.81. The molecular weight excluding hydrogens is 345 g/mol. The van der Waals surface area contributed by atoms with Gasteiger partial charge in [0.2, 0.25) is 0 Å². The number of fused-ring (bicyclic) bond motifs is 1. The van der Waals surface area contributed by atoms with Crippen molar-refractivity contribution in [2.24, 2.45) is 5.73 Å². The van der Waals surface area contributed by atoms with Crippen LogP contribution in [-0.2, 0) is 0 Å². The molecule has 2 aromatic rings. The van der Waals surface area contributed by atoms with E-state index in [0.717, 1.165) is 6.07 Å². The summed E-state index contributed by atoms with van der Waals surface area (Å²) in [5, 5.41) is 10.2. The molecule has 0 bridgehead atoms. The van der Waals surface area contributed by atoms with Crippen LogP contribution >= 0.6 is 24.8 Å². The molecule has 0 aliphatic heterocycles. The Balaban J connectivity index is 0.00000132. The maximum Gasteiger partial charge on any atom is 0.162 e. The summed E-state index contributed by atoms with van der Waals surface area (Å²) in [5.74, 6) is -2.13. The first-order valence-corrected chi connectivity index (χ1v) is 6.92. The fraction of sp³-hybridized carbons (Fsp3) is 0.312. The summed E-state index contributed by atoms with van der Waals surface area (Å²) < 4.78 is 27.5. The van der Waals surface area contributed by atoms with Crippen molar-refractivity contribution in [3.8, 4) is 0 Å². The highest BCUT2D eigenvalue weighted by atomic mass is 35.5. The van der Waals surface area contributed by atoms with Crippen LogP contribution in [0.1, 0.15) is 47.7 Å². The van der Waals surface area contributed by atoms with E-state index in [4.69, 9.17) is 5.73 Å². The van der Waals surface area contributed by atoms with Crippen molar-refractivity contribution in [2.45, 2.75) is 30.9 Å². The second kappa shape index (κ2) is 8.02. The number of hydrogen-bond acceptors (Lipinski definition) is 3. The second-order valence-electron chi connectivity index (χ2n) is 5.35. The number of rotatable bonds is 1. The average molecular weight is 363 g/mol. The van der Waals surface area contributed by atoms with Crippen molar-refractivity contribution >= 4 is 24.8 Å². The Labute approximate surface area is 145 Å². The number of nitrogens with two attached hydrogens (primary N) is 1. The second-order valence-corrected chi connectivity index (χ2v) is 5.35. The van der Waals surface area contributed by atoms with Gasteiger partial charge in [-0.25, -0.2) is 8.78 Å². The van der Waals surface area contributed by atoms with Crippen LogP contribution in [0.25, 0.3) is 0 Å². The number of aliphatic hydroxyl groups excluding tert-OH is 1. The monoisotopic (exact) mass is 362 g/mol. The molecule has 3 atom stereocenters. The third kappa shape index (κ3) is 3.63. The zero-order chi connectivity index (χ0) is 15.0. The van der Waals surface area contributed by atoms with Crippen LogP contribution in [0.2, 0.25) is 0 Å². The average Bonchev–Trinajstić information content (AvgIpc) is 2.62. The van der Waals surface area contributed by atoms with Crippen molar-refractivity contribution in [1.29, 1.82) is 0 Å². The van der Waals surface area contributed by atoms with E-state index in [1.54, 1.807) is 24.4 Å². The summed E-state index contributed by atoms with van der Waals surface area (Å²) >= 11 is 0. The summed E-state index contributed by atoms with van der Waals surface area (Å²) in [6.45, 7) is 0.